The van der Waals surface area contributed by atoms with Gasteiger partial charge in [-0.1, -0.05) is 0 Å². The number of benzene rings is 2. The van der Waals surface area contributed by atoms with Gasteiger partial charge in [-0.15, -0.1) is 0 Å². The summed E-state index contributed by atoms with van der Waals surface area (Å²) in [6, 6.07) is 11.1. The summed E-state index contributed by atoms with van der Waals surface area (Å²) in [6.45, 7) is 1.41. The third-order valence-electron chi connectivity index (χ3n) is 3.56. The fourth-order valence-electron chi connectivity index (χ4n) is 2.32. The lowest BCUT2D eigenvalue weighted by Crippen LogP contribution is -2.15. The Bertz CT molecular complexity index is 1030. The molecule has 0 atom stereocenters. The van der Waals surface area contributed by atoms with E-state index in [9.17, 15) is 18.4 Å². The van der Waals surface area contributed by atoms with E-state index >= 15 is 0 Å². The summed E-state index contributed by atoms with van der Waals surface area (Å²) in [6.07, 6.45) is 1.18. The van der Waals surface area contributed by atoms with Gasteiger partial charge in [-0.3, -0.25) is 9.59 Å². The zero-order valence-corrected chi connectivity index (χ0v) is 14.7. The number of hydrogen-bond acceptors (Lipinski definition) is 5. The highest BCUT2D eigenvalue weighted by molar-refractivity contribution is 6.03. The van der Waals surface area contributed by atoms with Gasteiger partial charge >= 0.3 is 0 Å². The average Bonchev–Trinajstić information content (AvgIpc) is 2.65. The molecule has 28 heavy (non-hydrogen) atoms. The summed E-state index contributed by atoms with van der Waals surface area (Å²) in [5.41, 5.74) is 1.15. The van der Waals surface area contributed by atoms with Gasteiger partial charge in [-0.2, -0.15) is 0 Å². The Morgan fingerprint density at radius 1 is 0.893 bits per heavy atom. The summed E-state index contributed by atoms with van der Waals surface area (Å²) in [5, 5.41) is 7.98. The van der Waals surface area contributed by atoms with Crippen molar-refractivity contribution in [2.24, 2.45) is 0 Å². The Kier molecular flexibility index (Phi) is 5.54. The van der Waals surface area contributed by atoms with E-state index in [2.05, 4.69) is 25.9 Å². The van der Waals surface area contributed by atoms with E-state index in [-0.39, 0.29) is 17.3 Å². The van der Waals surface area contributed by atoms with Crippen LogP contribution >= 0.6 is 0 Å². The molecule has 0 saturated carbocycles. The SMILES string of the molecule is CC(=O)Nc1ccc(Nc2cc(C(=O)Nc3ccc(F)cc3F)ncn2)cc1. The van der Waals surface area contributed by atoms with Crippen LogP contribution in [-0.2, 0) is 4.79 Å². The number of halogens is 2. The molecule has 0 aliphatic carbocycles. The first-order chi connectivity index (χ1) is 13.4. The molecule has 3 rings (SSSR count). The lowest BCUT2D eigenvalue weighted by molar-refractivity contribution is -0.114. The van der Waals surface area contributed by atoms with Gasteiger partial charge in [-0.05, 0) is 36.4 Å². The van der Waals surface area contributed by atoms with Crippen LogP contribution < -0.4 is 16.0 Å². The van der Waals surface area contributed by atoms with Gasteiger partial charge in [0.05, 0.1) is 5.69 Å². The highest BCUT2D eigenvalue weighted by atomic mass is 19.1. The van der Waals surface area contributed by atoms with Gasteiger partial charge in [0, 0.05) is 30.4 Å². The summed E-state index contributed by atoms with van der Waals surface area (Å²) in [5.74, 6) is -2.14. The fraction of sp³-hybridized carbons (Fsp3) is 0.0526. The van der Waals surface area contributed by atoms with Crippen LogP contribution in [0, 0.1) is 11.6 Å². The van der Waals surface area contributed by atoms with E-state index in [4.69, 9.17) is 0 Å². The topological polar surface area (TPSA) is 96.0 Å². The van der Waals surface area contributed by atoms with E-state index in [1.807, 2.05) is 0 Å². The van der Waals surface area contributed by atoms with Gasteiger partial charge in [0.2, 0.25) is 5.91 Å². The van der Waals surface area contributed by atoms with Crippen LogP contribution in [0.4, 0.5) is 31.7 Å². The van der Waals surface area contributed by atoms with Crippen LogP contribution in [0.5, 0.6) is 0 Å². The Morgan fingerprint density at radius 2 is 1.61 bits per heavy atom. The largest absolute Gasteiger partial charge is 0.340 e. The third-order valence-corrected chi connectivity index (χ3v) is 3.56. The smallest absolute Gasteiger partial charge is 0.274 e. The quantitative estimate of drug-likeness (QED) is 0.624. The number of anilines is 4. The number of rotatable bonds is 5. The maximum absolute atomic E-state index is 13.7. The zero-order chi connectivity index (χ0) is 20.1. The summed E-state index contributed by atoms with van der Waals surface area (Å²) in [7, 11) is 0. The molecular formula is C19H15F2N5O2. The summed E-state index contributed by atoms with van der Waals surface area (Å²) in [4.78, 5) is 31.2. The van der Waals surface area contributed by atoms with E-state index in [1.165, 1.54) is 19.3 Å². The molecule has 3 N–H and O–H groups in total. The summed E-state index contributed by atoms with van der Waals surface area (Å²) < 4.78 is 26.6. The van der Waals surface area contributed by atoms with Crippen molar-refractivity contribution in [3.8, 4) is 0 Å². The molecular weight excluding hydrogens is 368 g/mol. The first-order valence-corrected chi connectivity index (χ1v) is 8.14. The van der Waals surface area contributed by atoms with Crippen molar-refractivity contribution in [1.29, 1.82) is 0 Å². The molecule has 0 bridgehead atoms. The van der Waals surface area contributed by atoms with Crippen LogP contribution in [0.3, 0.4) is 0 Å². The van der Waals surface area contributed by atoms with Gasteiger partial charge in [0.25, 0.3) is 5.91 Å². The fourth-order valence-corrected chi connectivity index (χ4v) is 2.32. The zero-order valence-electron chi connectivity index (χ0n) is 14.7. The molecule has 2 aromatic carbocycles. The molecule has 3 aromatic rings. The highest BCUT2D eigenvalue weighted by Crippen LogP contribution is 2.19. The molecule has 2 amide bonds. The second kappa shape index (κ2) is 8.21. The maximum atomic E-state index is 13.7. The minimum absolute atomic E-state index is 0.00362. The highest BCUT2D eigenvalue weighted by Gasteiger charge is 2.12. The number of nitrogens with zero attached hydrogens (tertiary/aromatic N) is 2. The Hall–Kier alpha value is -3.88. The van der Waals surface area contributed by atoms with E-state index in [1.54, 1.807) is 24.3 Å². The minimum atomic E-state index is -0.889. The van der Waals surface area contributed by atoms with Crippen LogP contribution in [0.15, 0.2) is 54.9 Å². The lowest BCUT2D eigenvalue weighted by atomic mass is 10.2. The monoisotopic (exact) mass is 383 g/mol. The number of nitrogens with one attached hydrogen (secondary N) is 3. The normalized spacial score (nSPS) is 10.2. The predicted octanol–water partition coefficient (Wildman–Crippen LogP) is 3.71. The molecule has 0 aliphatic rings. The molecule has 1 aromatic heterocycles. The molecule has 0 spiro atoms. The molecule has 0 saturated heterocycles. The van der Waals surface area contributed by atoms with Crippen LogP contribution in [0.2, 0.25) is 0 Å². The Labute approximate surface area is 158 Å². The number of carbonyl (C=O) groups excluding carboxylic acids is 2. The Morgan fingerprint density at radius 3 is 2.29 bits per heavy atom. The molecule has 0 fully saturated rings. The third kappa shape index (κ3) is 4.85. The molecule has 0 unspecified atom stereocenters. The Balaban J connectivity index is 1.71. The predicted molar refractivity (Wildman–Crippen MR) is 100 cm³/mol. The maximum Gasteiger partial charge on any atom is 0.274 e. The van der Waals surface area contributed by atoms with Crippen molar-refractivity contribution >= 4 is 34.7 Å². The van der Waals surface area contributed by atoms with Crippen molar-refractivity contribution in [2.45, 2.75) is 6.92 Å². The molecule has 0 aliphatic heterocycles. The van der Waals surface area contributed by atoms with E-state index in [0.717, 1.165) is 12.1 Å². The average molecular weight is 383 g/mol. The van der Waals surface area contributed by atoms with E-state index < -0.39 is 17.5 Å². The second-order valence-electron chi connectivity index (χ2n) is 5.75. The van der Waals surface area contributed by atoms with Crippen molar-refractivity contribution < 1.29 is 18.4 Å². The van der Waals surface area contributed by atoms with Crippen molar-refractivity contribution in [3.63, 3.8) is 0 Å². The van der Waals surface area contributed by atoms with Gasteiger partial charge in [-0.25, -0.2) is 18.7 Å². The van der Waals surface area contributed by atoms with Crippen LogP contribution in [-0.4, -0.2) is 21.8 Å². The first kappa shape index (κ1) is 18.9. The molecule has 7 nitrogen and oxygen atoms in total. The van der Waals surface area contributed by atoms with Gasteiger partial charge < -0.3 is 16.0 Å². The number of aromatic nitrogens is 2. The standard InChI is InChI=1S/C19H15F2N5O2/c1-11(27)24-13-3-5-14(6-4-13)25-18-9-17(22-10-23-18)19(28)26-16-7-2-12(20)8-15(16)21/h2-10H,1H3,(H,24,27)(H,26,28)(H,22,23,25). The lowest BCUT2D eigenvalue weighted by Gasteiger charge is -2.09. The first-order valence-electron chi connectivity index (χ1n) is 8.14. The van der Waals surface area contributed by atoms with Crippen LogP contribution in [0.25, 0.3) is 0 Å². The number of hydrogen-bond donors (Lipinski definition) is 3. The number of carbonyl (C=O) groups is 2. The van der Waals surface area contributed by atoms with Crippen molar-refractivity contribution in [1.82, 2.24) is 9.97 Å². The second-order valence-corrected chi connectivity index (χ2v) is 5.75. The molecule has 1 heterocycles. The summed E-state index contributed by atoms with van der Waals surface area (Å²) >= 11 is 0. The minimum Gasteiger partial charge on any atom is -0.340 e. The van der Waals surface area contributed by atoms with Gasteiger partial charge in [0.15, 0.2) is 0 Å². The van der Waals surface area contributed by atoms with E-state index in [0.29, 0.717) is 23.3 Å². The number of amides is 2. The van der Waals surface area contributed by atoms with Crippen LogP contribution in [0.1, 0.15) is 17.4 Å². The van der Waals surface area contributed by atoms with Crippen molar-refractivity contribution in [2.75, 3.05) is 16.0 Å². The van der Waals surface area contributed by atoms with Gasteiger partial charge in [0.1, 0.15) is 29.5 Å². The van der Waals surface area contributed by atoms with Crippen molar-refractivity contribution in [3.05, 3.63) is 72.2 Å². The molecule has 9 heteroatoms. The molecule has 142 valence electrons. The molecule has 0 radical (unpaired) electrons.